The fourth-order valence-corrected chi connectivity index (χ4v) is 7.18. The minimum absolute atomic E-state index is 0.126. The second-order valence-corrected chi connectivity index (χ2v) is 11.6. The highest BCUT2D eigenvalue weighted by molar-refractivity contribution is 5.78. The molecule has 0 saturated heterocycles. The first kappa shape index (κ1) is 29.1. The van der Waals surface area contributed by atoms with Gasteiger partial charge in [-0.2, -0.15) is 0 Å². The average molecular weight is 585 g/mol. The fraction of sp³-hybridized carbons (Fsp3) is 0.400. The molecular weight excluding hydrogens is 548 g/mol. The minimum Gasteiger partial charge on any atom is -0.461 e. The zero-order valence-electron chi connectivity index (χ0n) is 24.2. The summed E-state index contributed by atoms with van der Waals surface area (Å²) in [7, 11) is 2.94. The van der Waals surface area contributed by atoms with Crippen LogP contribution in [0.3, 0.4) is 0 Å². The summed E-state index contributed by atoms with van der Waals surface area (Å²) >= 11 is 0. The van der Waals surface area contributed by atoms with Gasteiger partial charge in [-0.3, -0.25) is 4.79 Å². The van der Waals surface area contributed by atoms with Gasteiger partial charge >= 0.3 is 17.9 Å². The molecule has 6 rings (SSSR count). The summed E-state index contributed by atoms with van der Waals surface area (Å²) in [5.74, 6) is -1.37. The van der Waals surface area contributed by atoms with Crippen molar-refractivity contribution in [3.05, 3.63) is 108 Å². The second kappa shape index (κ2) is 12.7. The number of hydrogen-bond donors (Lipinski definition) is 0. The maximum atomic E-state index is 13.5. The van der Waals surface area contributed by atoms with Crippen molar-refractivity contribution < 1.29 is 38.1 Å². The smallest absolute Gasteiger partial charge is 0.340 e. The van der Waals surface area contributed by atoms with E-state index in [1.54, 1.807) is 0 Å². The number of fused-ring (bicyclic) bond motifs is 2. The molecule has 5 unspecified atom stereocenters. The van der Waals surface area contributed by atoms with Gasteiger partial charge < -0.3 is 23.7 Å². The van der Waals surface area contributed by atoms with E-state index in [-0.39, 0.29) is 30.1 Å². The van der Waals surface area contributed by atoms with Gasteiger partial charge in [-0.1, -0.05) is 91.0 Å². The summed E-state index contributed by atoms with van der Waals surface area (Å²) in [6.45, 7) is 0. The molecule has 2 bridgehead atoms. The Hall–Kier alpha value is -4.01. The Kier molecular flexibility index (Phi) is 8.58. The molecule has 3 aromatic rings. The van der Waals surface area contributed by atoms with E-state index < -0.39 is 48.4 Å². The quantitative estimate of drug-likeness (QED) is 0.229. The summed E-state index contributed by atoms with van der Waals surface area (Å²) in [5.41, 5.74) is 2.21. The SMILES string of the molecule is CO[C@H](C(=O)OC1CC2C3CC(OC(=O)[C@@H](OC)c4ccccc4)C1C(OC(=O)Cc1ccccc1)C23)c1ccccc1. The van der Waals surface area contributed by atoms with Gasteiger partial charge in [0, 0.05) is 20.1 Å². The maximum Gasteiger partial charge on any atom is 0.340 e. The van der Waals surface area contributed by atoms with Crippen molar-refractivity contribution in [2.24, 2.45) is 23.7 Å². The van der Waals surface area contributed by atoms with E-state index in [0.29, 0.717) is 24.0 Å². The van der Waals surface area contributed by atoms with Crippen molar-refractivity contribution in [3.8, 4) is 0 Å². The predicted octanol–water partition coefficient (Wildman–Crippen LogP) is 5.03. The lowest BCUT2D eigenvalue weighted by molar-refractivity contribution is -0.194. The van der Waals surface area contributed by atoms with Crippen LogP contribution in [0.5, 0.6) is 0 Å². The molecular formula is C35H36O8. The van der Waals surface area contributed by atoms with E-state index >= 15 is 0 Å². The van der Waals surface area contributed by atoms with Crippen LogP contribution in [0.4, 0.5) is 0 Å². The van der Waals surface area contributed by atoms with Gasteiger partial charge in [-0.05, 0) is 41.4 Å². The third-order valence-corrected chi connectivity index (χ3v) is 9.12. The van der Waals surface area contributed by atoms with Gasteiger partial charge in [-0.25, -0.2) is 9.59 Å². The number of carbonyl (C=O) groups is 3. The molecule has 0 heterocycles. The van der Waals surface area contributed by atoms with E-state index in [2.05, 4.69) is 0 Å². The molecule has 0 spiro atoms. The van der Waals surface area contributed by atoms with Crippen LogP contribution in [0.25, 0.3) is 0 Å². The van der Waals surface area contributed by atoms with Crippen molar-refractivity contribution in [2.75, 3.05) is 14.2 Å². The van der Waals surface area contributed by atoms with Gasteiger partial charge in [0.1, 0.15) is 18.3 Å². The summed E-state index contributed by atoms with van der Waals surface area (Å²) < 4.78 is 29.6. The Balaban J connectivity index is 1.25. The first-order valence-corrected chi connectivity index (χ1v) is 14.8. The molecule has 3 aromatic carbocycles. The van der Waals surface area contributed by atoms with Crippen LogP contribution in [-0.4, -0.2) is 50.4 Å². The highest BCUT2D eigenvalue weighted by Crippen LogP contribution is 2.65. The molecule has 8 nitrogen and oxygen atoms in total. The van der Waals surface area contributed by atoms with Gasteiger partial charge in [-0.15, -0.1) is 0 Å². The second-order valence-electron chi connectivity index (χ2n) is 11.6. The van der Waals surface area contributed by atoms with Crippen LogP contribution in [0.15, 0.2) is 91.0 Å². The van der Waals surface area contributed by atoms with Crippen molar-refractivity contribution in [1.29, 1.82) is 0 Å². The maximum absolute atomic E-state index is 13.5. The zero-order chi connectivity index (χ0) is 29.9. The summed E-state index contributed by atoms with van der Waals surface area (Å²) in [5, 5.41) is 0. The molecule has 43 heavy (non-hydrogen) atoms. The molecule has 3 aliphatic carbocycles. The van der Waals surface area contributed by atoms with Crippen molar-refractivity contribution in [2.45, 2.75) is 49.8 Å². The molecule has 0 radical (unpaired) electrons. The predicted molar refractivity (Wildman–Crippen MR) is 155 cm³/mol. The third-order valence-electron chi connectivity index (χ3n) is 9.12. The number of ether oxygens (including phenoxy) is 5. The molecule has 7 atom stereocenters. The molecule has 0 amide bonds. The van der Waals surface area contributed by atoms with E-state index in [1.807, 2.05) is 91.0 Å². The lowest BCUT2D eigenvalue weighted by Crippen LogP contribution is -2.52. The Morgan fingerprint density at radius 2 is 1.07 bits per heavy atom. The van der Waals surface area contributed by atoms with E-state index in [4.69, 9.17) is 23.7 Å². The lowest BCUT2D eigenvalue weighted by Gasteiger charge is -2.42. The molecule has 0 N–H and O–H groups in total. The molecule has 8 heteroatoms. The van der Waals surface area contributed by atoms with Crippen LogP contribution in [0.1, 0.15) is 41.7 Å². The largest absolute Gasteiger partial charge is 0.461 e. The first-order valence-electron chi connectivity index (χ1n) is 14.8. The minimum atomic E-state index is -0.911. The number of methoxy groups -OCH3 is 2. The van der Waals surface area contributed by atoms with Gasteiger partial charge in [0.15, 0.2) is 12.2 Å². The number of hydrogen-bond acceptors (Lipinski definition) is 8. The number of esters is 3. The Bertz CT molecular complexity index is 1330. The number of carbonyl (C=O) groups excluding carboxylic acids is 3. The topological polar surface area (TPSA) is 97.4 Å². The zero-order valence-corrected chi connectivity index (χ0v) is 24.2. The van der Waals surface area contributed by atoms with Crippen LogP contribution >= 0.6 is 0 Å². The van der Waals surface area contributed by atoms with E-state index in [1.165, 1.54) is 14.2 Å². The van der Waals surface area contributed by atoms with Gasteiger partial charge in [0.05, 0.1) is 12.3 Å². The Labute approximate surface area is 251 Å². The summed E-state index contributed by atoms with van der Waals surface area (Å²) in [6, 6.07) is 27.7. The normalized spacial score (nSPS) is 28.2. The van der Waals surface area contributed by atoms with Crippen molar-refractivity contribution >= 4 is 17.9 Å². The van der Waals surface area contributed by atoms with Crippen molar-refractivity contribution in [3.63, 3.8) is 0 Å². The summed E-state index contributed by atoms with van der Waals surface area (Å²) in [4.78, 5) is 40.2. The highest BCUT2D eigenvalue weighted by Gasteiger charge is 2.69. The molecule has 224 valence electrons. The Morgan fingerprint density at radius 1 is 0.628 bits per heavy atom. The summed E-state index contributed by atoms with van der Waals surface area (Å²) in [6.07, 6.45) is -2.24. The molecule has 0 aliphatic heterocycles. The fourth-order valence-electron chi connectivity index (χ4n) is 7.18. The molecule has 3 fully saturated rings. The highest BCUT2D eigenvalue weighted by atomic mass is 16.6. The molecule has 0 aromatic heterocycles. The van der Waals surface area contributed by atoms with E-state index in [0.717, 1.165) is 5.56 Å². The molecule has 3 aliphatic rings. The average Bonchev–Trinajstić information content (AvgIpc) is 3.74. The monoisotopic (exact) mass is 584 g/mol. The number of benzene rings is 3. The van der Waals surface area contributed by atoms with E-state index in [9.17, 15) is 14.4 Å². The number of rotatable bonds is 11. The van der Waals surface area contributed by atoms with Crippen LogP contribution in [0, 0.1) is 23.7 Å². The lowest BCUT2D eigenvalue weighted by atomic mass is 9.77. The van der Waals surface area contributed by atoms with Gasteiger partial charge in [0.25, 0.3) is 0 Å². The molecule has 3 saturated carbocycles. The van der Waals surface area contributed by atoms with Crippen LogP contribution in [-0.2, 0) is 44.5 Å². The first-order chi connectivity index (χ1) is 21.0. The standard InChI is InChI=1S/C35H36O8/c1-39-31(22-14-8-4-9-15-22)34(37)41-26-19-24-25-20-27(42-35(38)32(40-2)23-16-10-5-11-17-23)30(26)33(29(24)25)43-28(36)18-21-12-6-3-7-13-21/h3-17,24-27,29-33H,18-20H2,1-2H3/t24?,25?,26?,27?,29?,30?,31-,32-,33?/m0/s1. The van der Waals surface area contributed by atoms with Gasteiger partial charge in [0.2, 0.25) is 0 Å². The van der Waals surface area contributed by atoms with Crippen LogP contribution in [0.2, 0.25) is 0 Å². The van der Waals surface area contributed by atoms with Crippen molar-refractivity contribution in [1.82, 2.24) is 0 Å². The Morgan fingerprint density at radius 3 is 1.51 bits per heavy atom. The van der Waals surface area contributed by atoms with Crippen LogP contribution < -0.4 is 0 Å². The third kappa shape index (κ3) is 6.08.